The molecule has 0 atom stereocenters. The van der Waals surface area contributed by atoms with Crippen LogP contribution in [0.2, 0.25) is 0 Å². The first-order valence-electron chi connectivity index (χ1n) is 5.37. The van der Waals surface area contributed by atoms with Crippen LogP contribution in [0.3, 0.4) is 0 Å². The molecule has 5 heteroatoms. The molecule has 0 aliphatic rings. The summed E-state index contributed by atoms with van der Waals surface area (Å²) in [6.07, 6.45) is 1.74. The number of carbonyl (C=O) groups is 1. The molecule has 0 saturated heterocycles. The lowest BCUT2D eigenvalue weighted by Crippen LogP contribution is -2.32. The number of thiophene rings is 1. The van der Waals surface area contributed by atoms with E-state index in [2.05, 4.69) is 6.58 Å². The monoisotopic (exact) mass is 271 g/mol. The second kappa shape index (κ2) is 8.33. The Morgan fingerprint density at radius 1 is 1.65 bits per heavy atom. The number of hydrogen-bond acceptors (Lipinski definition) is 4. The predicted molar refractivity (Wildman–Crippen MR) is 74.3 cm³/mol. The molecular weight excluding hydrogens is 254 g/mol. The molecule has 0 bridgehead atoms. The molecule has 1 aromatic rings. The van der Waals surface area contributed by atoms with Gasteiger partial charge in [0.25, 0.3) is 0 Å². The molecule has 0 aliphatic carbocycles. The van der Waals surface area contributed by atoms with E-state index in [4.69, 9.17) is 5.11 Å². The van der Waals surface area contributed by atoms with Crippen LogP contribution in [-0.2, 0) is 11.3 Å². The van der Waals surface area contributed by atoms with Crippen LogP contribution >= 0.6 is 23.1 Å². The summed E-state index contributed by atoms with van der Waals surface area (Å²) in [7, 11) is 0. The molecule has 1 N–H and O–H groups in total. The third kappa shape index (κ3) is 5.39. The van der Waals surface area contributed by atoms with Gasteiger partial charge in [-0.05, 0) is 11.4 Å². The molecule has 0 fully saturated rings. The van der Waals surface area contributed by atoms with Crippen molar-refractivity contribution in [3.05, 3.63) is 35.0 Å². The van der Waals surface area contributed by atoms with Gasteiger partial charge in [-0.15, -0.1) is 29.7 Å². The number of amides is 1. The first-order chi connectivity index (χ1) is 8.27. The van der Waals surface area contributed by atoms with Gasteiger partial charge in [0.05, 0.1) is 18.9 Å². The van der Waals surface area contributed by atoms with Crippen molar-refractivity contribution in [1.29, 1.82) is 0 Å². The van der Waals surface area contributed by atoms with E-state index in [-0.39, 0.29) is 12.5 Å². The summed E-state index contributed by atoms with van der Waals surface area (Å²) >= 11 is 3.10. The number of aliphatic hydroxyl groups is 1. The Labute approximate surface area is 110 Å². The Balaban J connectivity index is 2.46. The Morgan fingerprint density at radius 3 is 3.06 bits per heavy atom. The van der Waals surface area contributed by atoms with Crippen LogP contribution in [0, 0.1) is 0 Å². The van der Waals surface area contributed by atoms with E-state index in [0.29, 0.717) is 24.6 Å². The number of rotatable bonds is 8. The van der Waals surface area contributed by atoms with Crippen molar-refractivity contribution in [2.75, 3.05) is 24.7 Å². The van der Waals surface area contributed by atoms with Gasteiger partial charge in [-0.25, -0.2) is 0 Å². The van der Waals surface area contributed by atoms with Gasteiger partial charge >= 0.3 is 0 Å². The van der Waals surface area contributed by atoms with Crippen molar-refractivity contribution in [3.63, 3.8) is 0 Å². The fourth-order valence-electron chi connectivity index (χ4n) is 1.32. The minimum atomic E-state index is 0.0942. The number of carbonyl (C=O) groups excluding carboxylic acids is 1. The molecule has 0 aliphatic heterocycles. The summed E-state index contributed by atoms with van der Waals surface area (Å²) in [5.74, 6) is 1.11. The van der Waals surface area contributed by atoms with Crippen LogP contribution in [-0.4, -0.2) is 40.6 Å². The van der Waals surface area contributed by atoms with Gasteiger partial charge in [0, 0.05) is 17.2 Å². The molecule has 0 aromatic carbocycles. The zero-order valence-electron chi connectivity index (χ0n) is 9.67. The summed E-state index contributed by atoms with van der Waals surface area (Å²) in [6.45, 7) is 4.99. The quantitative estimate of drug-likeness (QED) is 0.580. The zero-order valence-corrected chi connectivity index (χ0v) is 11.3. The molecule has 0 spiro atoms. The van der Waals surface area contributed by atoms with Crippen molar-refractivity contribution in [3.8, 4) is 0 Å². The Hall–Kier alpha value is -0.780. The number of thioether (sulfide) groups is 1. The van der Waals surface area contributed by atoms with E-state index < -0.39 is 0 Å². The average molecular weight is 271 g/mol. The SMILES string of the molecule is C=CCN(Cc1cccs1)C(=O)CSCCO. The fourth-order valence-corrected chi connectivity index (χ4v) is 2.67. The standard InChI is InChI=1S/C12H17NO2S2/c1-2-5-13(9-11-4-3-7-17-11)12(15)10-16-8-6-14/h2-4,7,14H,1,5-6,8-10H2. The van der Waals surface area contributed by atoms with Crippen LogP contribution < -0.4 is 0 Å². The number of hydrogen-bond donors (Lipinski definition) is 1. The normalized spacial score (nSPS) is 10.2. The van der Waals surface area contributed by atoms with Crippen LogP contribution in [0.5, 0.6) is 0 Å². The molecule has 0 radical (unpaired) electrons. The second-order valence-corrected chi connectivity index (χ2v) is 5.56. The summed E-state index contributed by atoms with van der Waals surface area (Å²) in [5, 5.41) is 10.7. The van der Waals surface area contributed by atoms with Crippen molar-refractivity contribution in [2.24, 2.45) is 0 Å². The van der Waals surface area contributed by atoms with Gasteiger partial charge in [0.1, 0.15) is 0 Å². The Kier molecular flexibility index (Phi) is 7.00. The molecule has 1 rings (SSSR count). The van der Waals surface area contributed by atoms with E-state index in [1.54, 1.807) is 22.3 Å². The van der Waals surface area contributed by atoms with Crippen LogP contribution in [0.25, 0.3) is 0 Å². The van der Waals surface area contributed by atoms with Crippen molar-refractivity contribution >= 4 is 29.0 Å². The maximum Gasteiger partial charge on any atom is 0.233 e. The van der Waals surface area contributed by atoms with Gasteiger partial charge < -0.3 is 10.0 Å². The van der Waals surface area contributed by atoms with Crippen LogP contribution in [0.15, 0.2) is 30.2 Å². The minimum absolute atomic E-state index is 0.0942. The molecule has 1 amide bonds. The summed E-state index contributed by atoms with van der Waals surface area (Å²) in [5.41, 5.74) is 0. The molecule has 1 aromatic heterocycles. The van der Waals surface area contributed by atoms with Crippen molar-refractivity contribution in [2.45, 2.75) is 6.54 Å². The summed E-state index contributed by atoms with van der Waals surface area (Å²) in [4.78, 5) is 14.9. The Morgan fingerprint density at radius 2 is 2.47 bits per heavy atom. The van der Waals surface area contributed by atoms with E-state index in [1.165, 1.54) is 16.6 Å². The smallest absolute Gasteiger partial charge is 0.233 e. The van der Waals surface area contributed by atoms with Gasteiger partial charge in [-0.3, -0.25) is 4.79 Å². The van der Waals surface area contributed by atoms with Gasteiger partial charge in [0.15, 0.2) is 0 Å². The molecular formula is C12H17NO2S2. The lowest BCUT2D eigenvalue weighted by atomic mass is 10.4. The lowest BCUT2D eigenvalue weighted by Gasteiger charge is -2.20. The molecule has 1 heterocycles. The highest BCUT2D eigenvalue weighted by molar-refractivity contribution is 7.99. The number of aliphatic hydroxyl groups excluding tert-OH is 1. The van der Waals surface area contributed by atoms with Gasteiger partial charge in [-0.2, -0.15) is 0 Å². The first-order valence-corrected chi connectivity index (χ1v) is 7.41. The van der Waals surface area contributed by atoms with Gasteiger partial charge in [-0.1, -0.05) is 12.1 Å². The van der Waals surface area contributed by atoms with Crippen LogP contribution in [0.1, 0.15) is 4.88 Å². The predicted octanol–water partition coefficient (Wildman–Crippen LogP) is 1.99. The Bertz CT molecular complexity index is 338. The topological polar surface area (TPSA) is 40.5 Å². The third-order valence-corrected chi connectivity index (χ3v) is 3.87. The van der Waals surface area contributed by atoms with Crippen LogP contribution in [0.4, 0.5) is 0 Å². The highest BCUT2D eigenvalue weighted by atomic mass is 32.2. The highest BCUT2D eigenvalue weighted by Gasteiger charge is 2.12. The maximum absolute atomic E-state index is 11.9. The molecule has 3 nitrogen and oxygen atoms in total. The van der Waals surface area contributed by atoms with Crippen molar-refractivity contribution in [1.82, 2.24) is 4.90 Å². The van der Waals surface area contributed by atoms with Crippen molar-refractivity contribution < 1.29 is 9.90 Å². The third-order valence-electron chi connectivity index (χ3n) is 2.09. The molecule has 94 valence electrons. The summed E-state index contributed by atoms with van der Waals surface area (Å²) < 4.78 is 0. The maximum atomic E-state index is 11.9. The average Bonchev–Trinajstić information content (AvgIpc) is 2.81. The lowest BCUT2D eigenvalue weighted by molar-refractivity contribution is -0.128. The van der Waals surface area contributed by atoms with Gasteiger partial charge in [0.2, 0.25) is 5.91 Å². The largest absolute Gasteiger partial charge is 0.396 e. The fraction of sp³-hybridized carbons (Fsp3) is 0.417. The molecule has 17 heavy (non-hydrogen) atoms. The molecule has 0 saturated carbocycles. The van der Waals surface area contributed by atoms with E-state index >= 15 is 0 Å². The number of nitrogens with zero attached hydrogens (tertiary/aromatic N) is 1. The van der Waals surface area contributed by atoms with E-state index in [1.807, 2.05) is 17.5 Å². The molecule has 0 unspecified atom stereocenters. The summed E-state index contributed by atoms with van der Waals surface area (Å²) in [6, 6.07) is 4.01. The second-order valence-electron chi connectivity index (χ2n) is 3.42. The highest BCUT2D eigenvalue weighted by Crippen LogP contribution is 2.13. The zero-order chi connectivity index (χ0) is 12.5. The minimum Gasteiger partial charge on any atom is -0.396 e. The van der Waals surface area contributed by atoms with E-state index in [9.17, 15) is 4.79 Å². The first kappa shape index (κ1) is 14.3. The van der Waals surface area contributed by atoms with E-state index in [0.717, 1.165) is 0 Å².